The maximum absolute atomic E-state index is 13.7. The second-order valence-corrected chi connectivity index (χ2v) is 7.97. The van der Waals surface area contributed by atoms with Crippen LogP contribution in [0.3, 0.4) is 0 Å². The predicted octanol–water partition coefficient (Wildman–Crippen LogP) is 1.79. The largest absolute Gasteiger partial charge is 0.497 e. The Morgan fingerprint density at radius 3 is 2.12 bits per heavy atom. The van der Waals surface area contributed by atoms with Gasteiger partial charge in [-0.05, 0) is 48.2 Å². The van der Waals surface area contributed by atoms with E-state index in [0.29, 0.717) is 35.8 Å². The molecule has 9 heteroatoms. The van der Waals surface area contributed by atoms with Crippen LogP contribution in [0.25, 0.3) is 0 Å². The highest BCUT2D eigenvalue weighted by molar-refractivity contribution is 6.11. The second-order valence-electron chi connectivity index (χ2n) is 7.97. The van der Waals surface area contributed by atoms with Gasteiger partial charge < -0.3 is 24.8 Å². The number of imide groups is 1. The van der Waals surface area contributed by atoms with Crippen molar-refractivity contribution in [2.45, 2.75) is 24.5 Å². The van der Waals surface area contributed by atoms with Gasteiger partial charge in [-0.3, -0.25) is 14.5 Å². The minimum absolute atomic E-state index is 0.0326. The molecule has 2 aromatic rings. The van der Waals surface area contributed by atoms with E-state index >= 15 is 0 Å². The number of nitrogens with one attached hydrogen (secondary N) is 2. The monoisotopic (exact) mass is 453 g/mol. The van der Waals surface area contributed by atoms with Crippen LogP contribution in [0, 0.1) is 0 Å². The number of amides is 4. The maximum Gasteiger partial charge on any atom is 0.326 e. The number of urea groups is 1. The Morgan fingerprint density at radius 1 is 1.06 bits per heavy atom. The van der Waals surface area contributed by atoms with Crippen molar-refractivity contribution in [1.29, 1.82) is 0 Å². The van der Waals surface area contributed by atoms with Crippen LogP contribution in [0.5, 0.6) is 11.5 Å². The lowest BCUT2D eigenvalue weighted by Gasteiger charge is -2.28. The lowest BCUT2D eigenvalue weighted by molar-refractivity contribution is -0.134. The SMILES string of the molecule is COc1ccc(C2(c3ccc(OC)cc3)NC(=O)N(CC(=O)NC[C@H]3CCCO3)C2=O)cc1. The van der Waals surface area contributed by atoms with E-state index in [0.717, 1.165) is 17.7 Å². The minimum Gasteiger partial charge on any atom is -0.497 e. The van der Waals surface area contributed by atoms with Gasteiger partial charge in [0.05, 0.1) is 20.3 Å². The van der Waals surface area contributed by atoms with Crippen molar-refractivity contribution in [1.82, 2.24) is 15.5 Å². The average Bonchev–Trinajstić information content (AvgIpc) is 3.46. The molecule has 4 rings (SSSR count). The van der Waals surface area contributed by atoms with Gasteiger partial charge in [0.15, 0.2) is 5.54 Å². The molecule has 0 aliphatic carbocycles. The molecular formula is C24H27N3O6. The summed E-state index contributed by atoms with van der Waals surface area (Å²) in [6.07, 6.45) is 1.80. The molecule has 9 nitrogen and oxygen atoms in total. The summed E-state index contributed by atoms with van der Waals surface area (Å²) in [5.41, 5.74) is -0.382. The van der Waals surface area contributed by atoms with Gasteiger partial charge in [-0.15, -0.1) is 0 Å². The summed E-state index contributed by atoms with van der Waals surface area (Å²) >= 11 is 0. The number of carbonyl (C=O) groups excluding carboxylic acids is 3. The Balaban J connectivity index is 1.62. The molecule has 2 fully saturated rings. The zero-order chi connectivity index (χ0) is 23.4. The molecule has 0 saturated carbocycles. The fraction of sp³-hybridized carbons (Fsp3) is 0.375. The standard InChI is InChI=1S/C24H27N3O6/c1-31-18-9-5-16(6-10-18)24(17-7-11-19(32-2)12-8-17)22(29)27(23(30)26-24)15-21(28)25-14-20-4-3-13-33-20/h5-12,20H,3-4,13-15H2,1-2H3,(H,25,28)(H,26,30)/t20-/m1/s1. The van der Waals surface area contributed by atoms with E-state index in [-0.39, 0.29) is 12.6 Å². The molecule has 1 atom stereocenters. The molecule has 2 heterocycles. The quantitative estimate of drug-likeness (QED) is 0.591. The van der Waals surface area contributed by atoms with Gasteiger partial charge in [0.25, 0.3) is 5.91 Å². The lowest BCUT2D eigenvalue weighted by Crippen LogP contribution is -2.46. The molecule has 2 aliphatic rings. The fourth-order valence-electron chi connectivity index (χ4n) is 4.19. The molecule has 4 amide bonds. The van der Waals surface area contributed by atoms with Crippen molar-refractivity contribution in [3.63, 3.8) is 0 Å². The highest BCUT2D eigenvalue weighted by atomic mass is 16.5. The number of rotatable bonds is 8. The first-order valence-corrected chi connectivity index (χ1v) is 10.8. The topological polar surface area (TPSA) is 106 Å². The summed E-state index contributed by atoms with van der Waals surface area (Å²) in [6, 6.07) is 13.1. The summed E-state index contributed by atoms with van der Waals surface area (Å²) in [5, 5.41) is 5.59. The van der Waals surface area contributed by atoms with Gasteiger partial charge in [-0.1, -0.05) is 24.3 Å². The Bertz CT molecular complexity index is 968. The highest BCUT2D eigenvalue weighted by Gasteiger charge is 2.54. The van der Waals surface area contributed by atoms with E-state index in [2.05, 4.69) is 10.6 Å². The van der Waals surface area contributed by atoms with Crippen molar-refractivity contribution in [3.8, 4) is 11.5 Å². The van der Waals surface area contributed by atoms with Gasteiger partial charge in [0.2, 0.25) is 5.91 Å². The van der Waals surface area contributed by atoms with Crippen molar-refractivity contribution >= 4 is 17.8 Å². The molecule has 0 bridgehead atoms. The third-order valence-electron chi connectivity index (χ3n) is 6.00. The third-order valence-corrected chi connectivity index (χ3v) is 6.00. The average molecular weight is 453 g/mol. The summed E-state index contributed by atoms with van der Waals surface area (Å²) in [5.74, 6) is 0.279. The molecule has 0 unspecified atom stereocenters. The number of carbonyl (C=O) groups is 3. The Morgan fingerprint density at radius 2 is 1.64 bits per heavy atom. The molecule has 174 valence electrons. The van der Waals surface area contributed by atoms with Crippen molar-refractivity contribution in [2.75, 3.05) is 33.9 Å². The van der Waals surface area contributed by atoms with Crippen LogP contribution >= 0.6 is 0 Å². The number of benzene rings is 2. The number of nitrogens with zero attached hydrogens (tertiary/aromatic N) is 1. The van der Waals surface area contributed by atoms with Crippen LogP contribution in [0.2, 0.25) is 0 Å². The zero-order valence-electron chi connectivity index (χ0n) is 18.6. The molecule has 0 radical (unpaired) electrons. The van der Waals surface area contributed by atoms with Gasteiger partial charge in [-0.2, -0.15) is 0 Å². The van der Waals surface area contributed by atoms with E-state index in [9.17, 15) is 14.4 Å². The van der Waals surface area contributed by atoms with E-state index < -0.39 is 23.4 Å². The minimum atomic E-state index is -1.48. The first kappa shape index (κ1) is 22.6. The molecular weight excluding hydrogens is 426 g/mol. The van der Waals surface area contributed by atoms with Gasteiger partial charge in [0, 0.05) is 13.2 Å². The summed E-state index contributed by atoms with van der Waals surface area (Å²) < 4.78 is 16.0. The van der Waals surface area contributed by atoms with Crippen molar-refractivity contribution in [3.05, 3.63) is 59.7 Å². The Hall–Kier alpha value is -3.59. The van der Waals surface area contributed by atoms with E-state index in [1.807, 2.05) is 0 Å². The molecule has 33 heavy (non-hydrogen) atoms. The lowest BCUT2D eigenvalue weighted by atomic mass is 9.82. The van der Waals surface area contributed by atoms with E-state index in [1.165, 1.54) is 0 Å². The van der Waals surface area contributed by atoms with Gasteiger partial charge >= 0.3 is 6.03 Å². The summed E-state index contributed by atoms with van der Waals surface area (Å²) in [6.45, 7) is 0.649. The van der Waals surface area contributed by atoms with Gasteiger partial charge in [-0.25, -0.2) is 4.79 Å². The second kappa shape index (κ2) is 9.50. The van der Waals surface area contributed by atoms with Crippen molar-refractivity contribution in [2.24, 2.45) is 0 Å². The van der Waals surface area contributed by atoms with Crippen LogP contribution in [0.15, 0.2) is 48.5 Å². The van der Waals surface area contributed by atoms with Gasteiger partial charge in [0.1, 0.15) is 18.0 Å². The zero-order valence-corrected chi connectivity index (χ0v) is 18.6. The number of ether oxygens (including phenoxy) is 3. The van der Waals surface area contributed by atoms with Crippen LogP contribution in [0.1, 0.15) is 24.0 Å². The first-order chi connectivity index (χ1) is 16.0. The van der Waals surface area contributed by atoms with Crippen LogP contribution < -0.4 is 20.1 Å². The fourth-order valence-corrected chi connectivity index (χ4v) is 4.19. The van der Waals surface area contributed by atoms with Crippen LogP contribution in [-0.4, -0.2) is 62.8 Å². The van der Waals surface area contributed by atoms with Crippen LogP contribution in [0.4, 0.5) is 4.79 Å². The summed E-state index contributed by atoms with van der Waals surface area (Å²) in [7, 11) is 3.10. The van der Waals surface area contributed by atoms with Crippen LogP contribution in [-0.2, 0) is 19.9 Å². The number of methoxy groups -OCH3 is 2. The molecule has 2 N–H and O–H groups in total. The normalized spacial score (nSPS) is 19.3. The Kier molecular flexibility index (Phi) is 6.50. The highest BCUT2D eigenvalue weighted by Crippen LogP contribution is 2.37. The maximum atomic E-state index is 13.7. The smallest absolute Gasteiger partial charge is 0.326 e. The number of hydrogen-bond donors (Lipinski definition) is 2. The summed E-state index contributed by atoms with van der Waals surface area (Å²) in [4.78, 5) is 40.1. The van der Waals surface area contributed by atoms with E-state index in [1.54, 1.807) is 62.8 Å². The molecule has 2 aliphatic heterocycles. The Labute approximate surface area is 192 Å². The third kappa shape index (κ3) is 4.36. The molecule has 2 aromatic carbocycles. The molecule has 0 aromatic heterocycles. The predicted molar refractivity (Wildman–Crippen MR) is 119 cm³/mol. The molecule has 0 spiro atoms. The number of hydrogen-bond acceptors (Lipinski definition) is 6. The van der Waals surface area contributed by atoms with Crippen molar-refractivity contribution < 1.29 is 28.6 Å². The van der Waals surface area contributed by atoms with E-state index in [4.69, 9.17) is 14.2 Å². The first-order valence-electron chi connectivity index (χ1n) is 10.8. The molecule has 2 saturated heterocycles.